The monoisotopic (exact) mass is 447 g/mol. The third-order valence-electron chi connectivity index (χ3n) is 5.44. The lowest BCUT2D eigenvalue weighted by molar-refractivity contribution is 0.355. The van der Waals surface area contributed by atoms with Crippen LogP contribution in [0, 0.1) is 6.92 Å². The summed E-state index contributed by atoms with van der Waals surface area (Å²) < 4.78 is 12.7. The van der Waals surface area contributed by atoms with E-state index in [2.05, 4.69) is 24.0 Å². The van der Waals surface area contributed by atoms with E-state index in [1.165, 1.54) is 0 Å². The van der Waals surface area contributed by atoms with Crippen LogP contribution < -0.4 is 14.4 Å². The highest BCUT2D eigenvalue weighted by Gasteiger charge is 2.17. The minimum Gasteiger partial charge on any atom is -0.493 e. The van der Waals surface area contributed by atoms with Crippen molar-refractivity contribution in [2.24, 2.45) is 0 Å². The number of aromatic nitrogens is 5. The third-order valence-corrected chi connectivity index (χ3v) is 5.44. The topological polar surface area (TPSA) is 80.9 Å². The van der Waals surface area contributed by atoms with Gasteiger partial charge in [0.15, 0.2) is 17.1 Å². The molecule has 0 bridgehead atoms. The number of likely N-dealkylation sites (N-methyl/N-ethyl adjacent to an activating group) is 2. The number of ether oxygens (including phenoxy) is 2. The van der Waals surface area contributed by atoms with E-state index in [4.69, 9.17) is 24.5 Å². The average molecular weight is 448 g/mol. The van der Waals surface area contributed by atoms with Crippen molar-refractivity contribution in [1.29, 1.82) is 0 Å². The summed E-state index contributed by atoms with van der Waals surface area (Å²) in [6.07, 6.45) is 1.78. The van der Waals surface area contributed by atoms with Crippen molar-refractivity contribution in [1.82, 2.24) is 29.5 Å². The number of anilines is 1. The molecule has 0 saturated heterocycles. The van der Waals surface area contributed by atoms with Crippen molar-refractivity contribution < 1.29 is 9.47 Å². The van der Waals surface area contributed by atoms with E-state index in [-0.39, 0.29) is 0 Å². The third kappa shape index (κ3) is 4.58. The molecule has 0 spiro atoms. The van der Waals surface area contributed by atoms with Gasteiger partial charge in [-0.2, -0.15) is 5.10 Å². The van der Waals surface area contributed by atoms with Gasteiger partial charge >= 0.3 is 0 Å². The number of fused-ring (bicyclic) bond motifs is 1. The molecule has 0 saturated carbocycles. The summed E-state index contributed by atoms with van der Waals surface area (Å²) in [6.45, 7) is 3.71. The molecule has 0 radical (unpaired) electrons. The van der Waals surface area contributed by atoms with Crippen LogP contribution in [0.3, 0.4) is 0 Å². The van der Waals surface area contributed by atoms with Crippen molar-refractivity contribution in [2.75, 3.05) is 53.4 Å². The molecule has 0 amide bonds. The van der Waals surface area contributed by atoms with Gasteiger partial charge < -0.3 is 19.3 Å². The Hall–Kier alpha value is -3.72. The Balaban J connectivity index is 1.76. The first-order valence-corrected chi connectivity index (χ1v) is 10.7. The summed E-state index contributed by atoms with van der Waals surface area (Å²) in [4.78, 5) is 18.1. The maximum absolute atomic E-state index is 5.46. The summed E-state index contributed by atoms with van der Waals surface area (Å²) in [5.41, 5.74) is 4.94. The highest BCUT2D eigenvalue weighted by molar-refractivity contribution is 5.68. The van der Waals surface area contributed by atoms with E-state index in [0.717, 1.165) is 47.1 Å². The maximum Gasteiger partial charge on any atom is 0.225 e. The van der Waals surface area contributed by atoms with Gasteiger partial charge in [0, 0.05) is 31.9 Å². The van der Waals surface area contributed by atoms with Gasteiger partial charge in [0.25, 0.3) is 0 Å². The van der Waals surface area contributed by atoms with E-state index in [9.17, 15) is 0 Å². The first kappa shape index (κ1) is 22.5. The molecular weight excluding hydrogens is 418 g/mol. The Morgan fingerprint density at radius 1 is 0.879 bits per heavy atom. The second-order valence-electron chi connectivity index (χ2n) is 8.07. The molecule has 9 nitrogen and oxygen atoms in total. The van der Waals surface area contributed by atoms with E-state index in [1.807, 2.05) is 59.8 Å². The summed E-state index contributed by atoms with van der Waals surface area (Å²) in [7, 11) is 9.34. The summed E-state index contributed by atoms with van der Waals surface area (Å²) in [5.74, 6) is 1.99. The minimum absolute atomic E-state index is 0.653. The number of hydrogen-bond acceptors (Lipinski definition) is 8. The molecule has 9 heteroatoms. The van der Waals surface area contributed by atoms with E-state index < -0.39 is 0 Å². The largest absolute Gasteiger partial charge is 0.493 e. The first-order chi connectivity index (χ1) is 15.9. The molecule has 1 aromatic carbocycles. The van der Waals surface area contributed by atoms with Crippen LogP contribution in [-0.4, -0.2) is 77.9 Å². The molecular formula is C24H29N7O2. The highest BCUT2D eigenvalue weighted by Crippen LogP contribution is 2.32. The van der Waals surface area contributed by atoms with Crippen molar-refractivity contribution in [3.05, 3.63) is 48.3 Å². The average Bonchev–Trinajstić information content (AvgIpc) is 3.16. The molecule has 3 aromatic heterocycles. The van der Waals surface area contributed by atoms with Crippen LogP contribution in [0.2, 0.25) is 0 Å². The van der Waals surface area contributed by atoms with Crippen molar-refractivity contribution in [2.45, 2.75) is 6.92 Å². The summed E-state index contributed by atoms with van der Waals surface area (Å²) in [5, 5.41) is 4.88. The molecule has 0 unspecified atom stereocenters. The number of aryl methyl sites for hydroxylation is 1. The van der Waals surface area contributed by atoms with Gasteiger partial charge in [0.2, 0.25) is 5.95 Å². The molecule has 4 rings (SSSR count). The standard InChI is InChI=1S/C24H29N7O2/c1-16-23(19-11-12-25-24(27-19)30(4)14-13-29(2)3)31-22(26-16)10-8-18(28-31)17-7-9-20(32-5)21(15-17)33-6/h7-12,15H,13-14H2,1-6H3. The predicted octanol–water partition coefficient (Wildman–Crippen LogP) is 3.18. The number of rotatable bonds is 8. The lowest BCUT2D eigenvalue weighted by atomic mass is 10.1. The zero-order valence-electron chi connectivity index (χ0n) is 19.9. The van der Waals surface area contributed by atoms with Gasteiger partial charge in [-0.1, -0.05) is 0 Å². The van der Waals surface area contributed by atoms with Crippen LogP contribution in [0.25, 0.3) is 28.3 Å². The van der Waals surface area contributed by atoms with Crippen LogP contribution in [0.5, 0.6) is 11.5 Å². The molecule has 0 aliphatic carbocycles. The smallest absolute Gasteiger partial charge is 0.225 e. The van der Waals surface area contributed by atoms with Gasteiger partial charge in [0.05, 0.1) is 31.3 Å². The number of methoxy groups -OCH3 is 2. The first-order valence-electron chi connectivity index (χ1n) is 10.7. The van der Waals surface area contributed by atoms with Gasteiger partial charge in [-0.25, -0.2) is 19.5 Å². The van der Waals surface area contributed by atoms with Crippen molar-refractivity contribution in [3.8, 4) is 34.1 Å². The fourth-order valence-corrected chi connectivity index (χ4v) is 3.60. The molecule has 0 fully saturated rings. The Morgan fingerprint density at radius 3 is 2.39 bits per heavy atom. The van der Waals surface area contributed by atoms with Gasteiger partial charge in [-0.3, -0.25) is 0 Å². The van der Waals surface area contributed by atoms with Crippen LogP contribution >= 0.6 is 0 Å². The summed E-state index contributed by atoms with van der Waals surface area (Å²) in [6, 6.07) is 11.6. The zero-order valence-corrected chi connectivity index (χ0v) is 19.9. The quantitative estimate of drug-likeness (QED) is 0.407. The van der Waals surface area contributed by atoms with E-state index >= 15 is 0 Å². The number of hydrogen-bond donors (Lipinski definition) is 0. The van der Waals surface area contributed by atoms with Crippen LogP contribution in [0.4, 0.5) is 5.95 Å². The SMILES string of the molecule is COc1ccc(-c2ccc3nc(C)c(-c4ccnc(N(C)CCN(C)C)n4)n3n2)cc1OC. The molecule has 4 aromatic rings. The maximum atomic E-state index is 5.46. The van der Waals surface area contributed by atoms with Gasteiger partial charge in [-0.15, -0.1) is 0 Å². The molecule has 0 aliphatic rings. The Bertz CT molecular complexity index is 1270. The zero-order chi connectivity index (χ0) is 23.5. The molecule has 0 atom stereocenters. The molecule has 33 heavy (non-hydrogen) atoms. The van der Waals surface area contributed by atoms with Crippen molar-refractivity contribution in [3.63, 3.8) is 0 Å². The predicted molar refractivity (Wildman–Crippen MR) is 129 cm³/mol. The molecule has 3 heterocycles. The van der Waals surface area contributed by atoms with Crippen molar-refractivity contribution >= 4 is 11.6 Å². The highest BCUT2D eigenvalue weighted by atomic mass is 16.5. The normalized spacial score (nSPS) is 11.2. The number of nitrogens with zero attached hydrogens (tertiary/aromatic N) is 7. The molecule has 0 aliphatic heterocycles. The Morgan fingerprint density at radius 2 is 1.67 bits per heavy atom. The fourth-order valence-electron chi connectivity index (χ4n) is 3.60. The summed E-state index contributed by atoms with van der Waals surface area (Å²) >= 11 is 0. The second kappa shape index (κ2) is 9.41. The minimum atomic E-state index is 0.653. The van der Waals surface area contributed by atoms with Gasteiger partial charge in [-0.05, 0) is 57.4 Å². The molecule has 0 N–H and O–H groups in total. The van der Waals surface area contributed by atoms with E-state index in [1.54, 1.807) is 20.4 Å². The number of benzene rings is 1. The Kier molecular flexibility index (Phi) is 6.41. The van der Waals surface area contributed by atoms with Crippen LogP contribution in [-0.2, 0) is 0 Å². The lowest BCUT2D eigenvalue weighted by Gasteiger charge is -2.19. The molecule has 172 valence electrons. The fraction of sp³-hybridized carbons (Fsp3) is 0.333. The lowest BCUT2D eigenvalue weighted by Crippen LogP contribution is -2.29. The van der Waals surface area contributed by atoms with Crippen LogP contribution in [0.15, 0.2) is 42.6 Å². The van der Waals surface area contributed by atoms with E-state index in [0.29, 0.717) is 17.4 Å². The number of imidazole rings is 1. The van der Waals surface area contributed by atoms with Crippen LogP contribution in [0.1, 0.15) is 5.69 Å². The Labute approximate surface area is 193 Å². The second-order valence-corrected chi connectivity index (χ2v) is 8.07. The van der Waals surface area contributed by atoms with Gasteiger partial charge in [0.1, 0.15) is 5.69 Å².